The molecule has 3 aromatic heterocycles. The first-order valence-corrected chi connectivity index (χ1v) is 9.47. The number of anilines is 2. The van der Waals surface area contributed by atoms with Crippen LogP contribution in [0, 0.1) is 11.6 Å². The minimum Gasteiger partial charge on any atom is -0.349 e. The molecule has 0 radical (unpaired) electrons. The number of aromatic amines is 1. The number of H-pyrrole nitrogens is 1. The highest BCUT2D eigenvalue weighted by atomic mass is 19.2. The molecule has 8 nitrogen and oxygen atoms in total. The number of nitrogens with zero attached hydrogens (tertiary/aromatic N) is 5. The van der Waals surface area contributed by atoms with Crippen LogP contribution in [0.1, 0.15) is 34.9 Å². The van der Waals surface area contributed by atoms with Gasteiger partial charge >= 0.3 is 0 Å². The van der Waals surface area contributed by atoms with Gasteiger partial charge in [-0.3, -0.25) is 9.89 Å². The van der Waals surface area contributed by atoms with Crippen LogP contribution in [0.15, 0.2) is 48.9 Å². The molecule has 0 aliphatic carbocycles. The van der Waals surface area contributed by atoms with E-state index < -0.39 is 11.6 Å². The van der Waals surface area contributed by atoms with Crippen LogP contribution in [-0.2, 0) is 0 Å². The fraction of sp³-hybridized carbons (Fsp3) is 0.200. The predicted molar refractivity (Wildman–Crippen MR) is 105 cm³/mol. The van der Waals surface area contributed by atoms with Crippen molar-refractivity contribution in [3.8, 4) is 0 Å². The molecular formula is C20H17F2N7O. The molecule has 1 saturated heterocycles. The number of benzene rings is 1. The largest absolute Gasteiger partial charge is 0.349 e. The predicted octanol–water partition coefficient (Wildman–Crippen LogP) is 3.32. The van der Waals surface area contributed by atoms with E-state index in [1.807, 2.05) is 4.90 Å². The van der Waals surface area contributed by atoms with E-state index >= 15 is 0 Å². The monoisotopic (exact) mass is 409 g/mol. The van der Waals surface area contributed by atoms with Gasteiger partial charge in [-0.1, -0.05) is 12.1 Å². The molecule has 4 aromatic rings. The lowest BCUT2D eigenvalue weighted by Gasteiger charge is -2.26. The summed E-state index contributed by atoms with van der Waals surface area (Å²) in [5.41, 5.74) is 1.51. The summed E-state index contributed by atoms with van der Waals surface area (Å²) in [7, 11) is 0. The maximum Gasteiger partial charge on any atom is 0.273 e. The van der Waals surface area contributed by atoms with Gasteiger partial charge in [-0.25, -0.2) is 18.3 Å². The third-order valence-electron chi connectivity index (χ3n) is 5.24. The van der Waals surface area contributed by atoms with Gasteiger partial charge in [0.25, 0.3) is 5.91 Å². The Bertz CT molecular complexity index is 1220. The molecule has 5 rings (SSSR count). The van der Waals surface area contributed by atoms with E-state index in [4.69, 9.17) is 0 Å². The topological polar surface area (TPSA) is 91.2 Å². The average molecular weight is 409 g/mol. The van der Waals surface area contributed by atoms with Gasteiger partial charge < -0.3 is 10.2 Å². The van der Waals surface area contributed by atoms with Crippen molar-refractivity contribution < 1.29 is 13.6 Å². The van der Waals surface area contributed by atoms with E-state index in [-0.39, 0.29) is 11.9 Å². The van der Waals surface area contributed by atoms with Gasteiger partial charge in [0.15, 0.2) is 17.3 Å². The molecule has 30 heavy (non-hydrogen) atoms. The number of amides is 1. The van der Waals surface area contributed by atoms with Gasteiger partial charge in [0.05, 0.1) is 12.2 Å². The normalized spacial score (nSPS) is 16.3. The molecule has 1 fully saturated rings. The molecule has 152 valence electrons. The Morgan fingerprint density at radius 2 is 2.13 bits per heavy atom. The van der Waals surface area contributed by atoms with E-state index in [0.717, 1.165) is 12.5 Å². The number of fused-ring (bicyclic) bond motifs is 1. The number of carbonyl (C=O) groups is 1. The molecule has 1 atom stereocenters. The molecule has 1 aliphatic rings. The van der Waals surface area contributed by atoms with Crippen molar-refractivity contribution in [2.45, 2.75) is 18.9 Å². The Labute approximate surface area is 169 Å². The molecule has 4 heterocycles. The fourth-order valence-corrected chi connectivity index (χ4v) is 3.82. The first-order chi connectivity index (χ1) is 14.6. The van der Waals surface area contributed by atoms with E-state index in [2.05, 4.69) is 25.6 Å². The molecule has 1 amide bonds. The number of rotatable bonds is 4. The second-order valence-corrected chi connectivity index (χ2v) is 7.03. The standard InChI is InChI=1S/C20H17F2N7O/c21-13-4-1-3-12(18(13)22)16-5-2-9-28(16)17-7-10-29-19(26-17)15(11-24-29)25-20(30)14-6-8-23-27-14/h1,3-4,6-8,10-11,16H,2,5,9H2,(H,23,27)(H,25,30). The van der Waals surface area contributed by atoms with Gasteiger partial charge in [0, 0.05) is 24.5 Å². The zero-order valence-corrected chi connectivity index (χ0v) is 15.7. The van der Waals surface area contributed by atoms with E-state index in [1.54, 1.807) is 28.9 Å². The SMILES string of the molecule is O=C(Nc1cnn2ccc(N3CCCC3c3cccc(F)c3F)nc12)c1ccn[nH]1. The van der Waals surface area contributed by atoms with Crippen LogP contribution in [-0.4, -0.2) is 37.2 Å². The lowest BCUT2D eigenvalue weighted by atomic mass is 10.0. The van der Waals surface area contributed by atoms with Crippen molar-refractivity contribution in [3.63, 3.8) is 0 Å². The van der Waals surface area contributed by atoms with Crippen LogP contribution >= 0.6 is 0 Å². The number of carbonyl (C=O) groups excluding carboxylic acids is 1. The van der Waals surface area contributed by atoms with Crippen LogP contribution in [0.4, 0.5) is 20.3 Å². The second-order valence-electron chi connectivity index (χ2n) is 7.03. The number of nitrogens with one attached hydrogen (secondary N) is 2. The van der Waals surface area contributed by atoms with E-state index in [9.17, 15) is 13.6 Å². The van der Waals surface area contributed by atoms with Crippen molar-refractivity contribution in [2.75, 3.05) is 16.8 Å². The highest BCUT2D eigenvalue weighted by Gasteiger charge is 2.30. The smallest absolute Gasteiger partial charge is 0.273 e. The third-order valence-corrected chi connectivity index (χ3v) is 5.24. The summed E-state index contributed by atoms with van der Waals surface area (Å²) in [5, 5.41) is 13.3. The Balaban J connectivity index is 1.48. The Hall–Kier alpha value is -3.82. The molecule has 1 aromatic carbocycles. The summed E-state index contributed by atoms with van der Waals surface area (Å²) in [6, 6.07) is 7.25. The van der Waals surface area contributed by atoms with Crippen LogP contribution in [0.25, 0.3) is 5.65 Å². The quantitative estimate of drug-likeness (QED) is 0.540. The molecule has 10 heteroatoms. The summed E-state index contributed by atoms with van der Waals surface area (Å²) in [4.78, 5) is 18.9. The number of aromatic nitrogens is 5. The van der Waals surface area contributed by atoms with Crippen molar-refractivity contribution in [1.29, 1.82) is 0 Å². The highest BCUT2D eigenvalue weighted by Crippen LogP contribution is 2.37. The van der Waals surface area contributed by atoms with Gasteiger partial charge in [0.1, 0.15) is 17.2 Å². The maximum atomic E-state index is 14.4. The Morgan fingerprint density at radius 1 is 1.23 bits per heavy atom. The average Bonchev–Trinajstić information content (AvgIpc) is 3.51. The summed E-state index contributed by atoms with van der Waals surface area (Å²) in [6.45, 7) is 0.660. The Kier molecular flexibility index (Phi) is 4.38. The summed E-state index contributed by atoms with van der Waals surface area (Å²) in [6.07, 6.45) is 6.24. The Morgan fingerprint density at radius 3 is 2.97 bits per heavy atom. The van der Waals surface area contributed by atoms with Crippen LogP contribution < -0.4 is 10.2 Å². The zero-order chi connectivity index (χ0) is 20.7. The minimum atomic E-state index is -0.859. The number of hydrogen-bond acceptors (Lipinski definition) is 5. The molecule has 2 N–H and O–H groups in total. The first-order valence-electron chi connectivity index (χ1n) is 9.47. The molecular weight excluding hydrogens is 392 g/mol. The van der Waals surface area contributed by atoms with Crippen LogP contribution in [0.5, 0.6) is 0 Å². The zero-order valence-electron chi connectivity index (χ0n) is 15.7. The van der Waals surface area contributed by atoms with Crippen LogP contribution in [0.2, 0.25) is 0 Å². The minimum absolute atomic E-state index is 0.312. The van der Waals surface area contributed by atoms with E-state index in [0.29, 0.717) is 41.4 Å². The summed E-state index contributed by atoms with van der Waals surface area (Å²) >= 11 is 0. The van der Waals surface area contributed by atoms with E-state index in [1.165, 1.54) is 18.5 Å². The van der Waals surface area contributed by atoms with Gasteiger partial charge in [-0.15, -0.1) is 0 Å². The van der Waals surface area contributed by atoms with Crippen LogP contribution in [0.3, 0.4) is 0 Å². The number of hydrogen-bond donors (Lipinski definition) is 2. The molecule has 0 bridgehead atoms. The van der Waals surface area contributed by atoms with Gasteiger partial charge in [-0.2, -0.15) is 10.2 Å². The van der Waals surface area contributed by atoms with Crippen molar-refractivity contribution in [3.05, 3.63) is 71.8 Å². The van der Waals surface area contributed by atoms with Gasteiger partial charge in [-0.05, 0) is 31.0 Å². The van der Waals surface area contributed by atoms with Crippen molar-refractivity contribution in [1.82, 2.24) is 24.8 Å². The second kappa shape index (κ2) is 7.21. The lowest BCUT2D eigenvalue weighted by Crippen LogP contribution is -2.24. The maximum absolute atomic E-state index is 14.4. The molecule has 1 aliphatic heterocycles. The summed E-state index contributed by atoms with van der Waals surface area (Å²) < 4.78 is 29.7. The fourth-order valence-electron chi connectivity index (χ4n) is 3.82. The number of halogens is 2. The van der Waals surface area contributed by atoms with Crippen molar-refractivity contribution in [2.24, 2.45) is 0 Å². The molecule has 0 spiro atoms. The molecule has 0 saturated carbocycles. The lowest BCUT2D eigenvalue weighted by molar-refractivity contribution is 0.102. The summed E-state index contributed by atoms with van der Waals surface area (Å²) in [5.74, 6) is -1.45. The highest BCUT2D eigenvalue weighted by molar-refractivity contribution is 6.04. The van der Waals surface area contributed by atoms with Crippen molar-refractivity contribution >= 4 is 23.1 Å². The van der Waals surface area contributed by atoms with Gasteiger partial charge in [0.2, 0.25) is 0 Å². The first kappa shape index (κ1) is 18.2. The third kappa shape index (κ3) is 3.06. The molecule has 1 unspecified atom stereocenters.